The third kappa shape index (κ3) is 3.44. The highest BCUT2D eigenvalue weighted by molar-refractivity contribution is 6.06. The van der Waals surface area contributed by atoms with Gasteiger partial charge in [-0.15, -0.1) is 0 Å². The first-order valence-corrected chi connectivity index (χ1v) is 7.22. The predicted molar refractivity (Wildman–Crippen MR) is 81.0 cm³/mol. The first-order chi connectivity index (χ1) is 10.3. The molecule has 1 N–H and O–H groups in total. The van der Waals surface area contributed by atoms with Crippen molar-refractivity contribution >= 4 is 17.5 Å². The minimum absolute atomic E-state index is 0.165. The van der Waals surface area contributed by atoms with Crippen LogP contribution in [0.3, 0.4) is 0 Å². The number of β-lactam (4-membered cyclic amide) rings is 1. The summed E-state index contributed by atoms with van der Waals surface area (Å²) in [6, 6.07) is 5.20. The lowest BCUT2D eigenvalue weighted by molar-refractivity contribution is -0.136. The number of benzene rings is 1. The monoisotopic (exact) mass is 308 g/mol. The standard InChI is InChI=1S/C16H21FN2O3/c1-16(2,8-9-22-3)15(21)18-13-10-19(14(13)20)12-6-4-11(17)5-7-12/h4-7,13H,8-10H2,1-3H3,(H,18,21)/t13-/m0/s1. The van der Waals surface area contributed by atoms with Crippen molar-refractivity contribution in [3.05, 3.63) is 30.1 Å². The minimum atomic E-state index is -0.591. The number of ether oxygens (including phenoxy) is 1. The molecule has 120 valence electrons. The maximum absolute atomic E-state index is 12.9. The number of halogens is 1. The quantitative estimate of drug-likeness (QED) is 0.814. The van der Waals surface area contributed by atoms with E-state index in [-0.39, 0.29) is 17.6 Å². The predicted octanol–water partition coefficient (Wildman–Crippen LogP) is 1.72. The van der Waals surface area contributed by atoms with E-state index in [0.29, 0.717) is 25.3 Å². The van der Waals surface area contributed by atoms with E-state index in [1.54, 1.807) is 19.2 Å². The smallest absolute Gasteiger partial charge is 0.251 e. The van der Waals surface area contributed by atoms with Gasteiger partial charge in [0.05, 0.1) is 6.54 Å². The second-order valence-corrected chi connectivity index (χ2v) is 6.08. The van der Waals surface area contributed by atoms with Gasteiger partial charge in [-0.2, -0.15) is 0 Å². The SMILES string of the molecule is COCCC(C)(C)C(=O)N[C@H]1CN(c2ccc(F)cc2)C1=O. The number of nitrogens with zero attached hydrogens (tertiary/aromatic N) is 1. The van der Waals surface area contributed by atoms with Crippen molar-refractivity contribution in [3.8, 4) is 0 Å². The van der Waals surface area contributed by atoms with E-state index >= 15 is 0 Å². The summed E-state index contributed by atoms with van der Waals surface area (Å²) in [5.74, 6) is -0.689. The van der Waals surface area contributed by atoms with Crippen LogP contribution in [0.15, 0.2) is 24.3 Å². The molecule has 1 fully saturated rings. The van der Waals surface area contributed by atoms with Gasteiger partial charge in [0, 0.05) is 24.8 Å². The summed E-state index contributed by atoms with van der Waals surface area (Å²) in [7, 11) is 1.59. The van der Waals surface area contributed by atoms with Crippen LogP contribution >= 0.6 is 0 Å². The van der Waals surface area contributed by atoms with Crippen LogP contribution in [-0.4, -0.2) is 38.1 Å². The molecule has 0 spiro atoms. The fourth-order valence-electron chi connectivity index (χ4n) is 2.21. The Hall–Kier alpha value is -1.95. The zero-order chi connectivity index (χ0) is 16.3. The molecule has 1 aliphatic heterocycles. The van der Waals surface area contributed by atoms with E-state index in [2.05, 4.69) is 5.32 Å². The van der Waals surface area contributed by atoms with Crippen molar-refractivity contribution in [1.29, 1.82) is 0 Å². The second kappa shape index (κ2) is 6.44. The average Bonchev–Trinajstić information content (AvgIpc) is 2.49. The fraction of sp³-hybridized carbons (Fsp3) is 0.500. The van der Waals surface area contributed by atoms with Crippen molar-refractivity contribution < 1.29 is 18.7 Å². The number of carbonyl (C=O) groups excluding carboxylic acids is 2. The molecule has 0 bridgehead atoms. The molecule has 5 nitrogen and oxygen atoms in total. The zero-order valence-corrected chi connectivity index (χ0v) is 13.1. The molecule has 0 unspecified atom stereocenters. The molecule has 2 amide bonds. The van der Waals surface area contributed by atoms with Crippen molar-refractivity contribution in [3.63, 3.8) is 0 Å². The molecule has 1 heterocycles. The van der Waals surface area contributed by atoms with Gasteiger partial charge in [-0.05, 0) is 30.7 Å². The Balaban J connectivity index is 1.90. The molecule has 1 saturated heterocycles. The lowest BCUT2D eigenvalue weighted by Crippen LogP contribution is -2.65. The van der Waals surface area contributed by atoms with E-state index in [9.17, 15) is 14.0 Å². The summed E-state index contributed by atoms with van der Waals surface area (Å²) < 4.78 is 17.9. The molecule has 1 aliphatic rings. The average molecular weight is 308 g/mol. The van der Waals surface area contributed by atoms with Crippen molar-refractivity contribution in [2.45, 2.75) is 26.3 Å². The van der Waals surface area contributed by atoms with E-state index in [1.165, 1.54) is 17.0 Å². The number of methoxy groups -OCH3 is 1. The molecule has 1 aromatic rings. The van der Waals surface area contributed by atoms with Crippen LogP contribution < -0.4 is 10.2 Å². The highest BCUT2D eigenvalue weighted by atomic mass is 19.1. The molecule has 0 radical (unpaired) electrons. The van der Waals surface area contributed by atoms with Gasteiger partial charge < -0.3 is 15.0 Å². The third-order valence-electron chi connectivity index (χ3n) is 3.92. The molecule has 0 aliphatic carbocycles. The van der Waals surface area contributed by atoms with Gasteiger partial charge in [0.1, 0.15) is 11.9 Å². The zero-order valence-electron chi connectivity index (χ0n) is 13.1. The van der Waals surface area contributed by atoms with Gasteiger partial charge in [0.2, 0.25) is 5.91 Å². The van der Waals surface area contributed by atoms with E-state index in [0.717, 1.165) is 0 Å². The Morgan fingerprint density at radius 1 is 1.41 bits per heavy atom. The maximum Gasteiger partial charge on any atom is 0.251 e. The number of rotatable bonds is 6. The Morgan fingerprint density at radius 2 is 2.05 bits per heavy atom. The maximum atomic E-state index is 12.9. The van der Waals surface area contributed by atoms with Gasteiger partial charge >= 0.3 is 0 Å². The van der Waals surface area contributed by atoms with E-state index in [4.69, 9.17) is 4.74 Å². The highest BCUT2D eigenvalue weighted by Gasteiger charge is 2.40. The molecule has 0 saturated carbocycles. The Bertz CT molecular complexity index is 557. The van der Waals surface area contributed by atoms with Crippen LogP contribution in [0.25, 0.3) is 0 Å². The van der Waals surface area contributed by atoms with Gasteiger partial charge in [0.15, 0.2) is 0 Å². The normalized spacial score (nSPS) is 18.1. The van der Waals surface area contributed by atoms with Gasteiger partial charge in [-0.1, -0.05) is 13.8 Å². The molecule has 6 heteroatoms. The highest BCUT2D eigenvalue weighted by Crippen LogP contribution is 2.25. The summed E-state index contributed by atoms with van der Waals surface area (Å²) in [5, 5.41) is 2.77. The van der Waals surface area contributed by atoms with Gasteiger partial charge in [-0.3, -0.25) is 9.59 Å². The molecule has 1 atom stereocenters. The molecule has 0 aromatic heterocycles. The first-order valence-electron chi connectivity index (χ1n) is 7.22. The number of amides is 2. The lowest BCUT2D eigenvalue weighted by Gasteiger charge is -2.40. The number of hydrogen-bond donors (Lipinski definition) is 1. The largest absolute Gasteiger partial charge is 0.385 e. The van der Waals surface area contributed by atoms with Crippen molar-refractivity contribution in [1.82, 2.24) is 5.32 Å². The fourth-order valence-corrected chi connectivity index (χ4v) is 2.21. The Labute approximate surface area is 129 Å². The summed E-state index contributed by atoms with van der Waals surface area (Å²) in [4.78, 5) is 25.9. The number of carbonyl (C=O) groups is 2. The van der Waals surface area contributed by atoms with Crippen LogP contribution in [0.4, 0.5) is 10.1 Å². The van der Waals surface area contributed by atoms with Gasteiger partial charge in [0.25, 0.3) is 5.91 Å². The summed E-state index contributed by atoms with van der Waals surface area (Å²) in [6.07, 6.45) is 0.581. The summed E-state index contributed by atoms with van der Waals surface area (Å²) in [6.45, 7) is 4.53. The summed E-state index contributed by atoms with van der Waals surface area (Å²) >= 11 is 0. The molecule has 2 rings (SSSR count). The topological polar surface area (TPSA) is 58.6 Å². The van der Waals surface area contributed by atoms with E-state index in [1.807, 2.05) is 13.8 Å². The number of hydrogen-bond acceptors (Lipinski definition) is 3. The van der Waals surface area contributed by atoms with Gasteiger partial charge in [-0.25, -0.2) is 4.39 Å². The minimum Gasteiger partial charge on any atom is -0.385 e. The molecule has 22 heavy (non-hydrogen) atoms. The van der Waals surface area contributed by atoms with Crippen LogP contribution in [0.5, 0.6) is 0 Å². The van der Waals surface area contributed by atoms with Crippen molar-refractivity contribution in [2.75, 3.05) is 25.2 Å². The summed E-state index contributed by atoms with van der Waals surface area (Å²) in [5.41, 5.74) is 0.0441. The third-order valence-corrected chi connectivity index (χ3v) is 3.92. The van der Waals surface area contributed by atoms with Crippen molar-refractivity contribution in [2.24, 2.45) is 5.41 Å². The molecular formula is C16H21FN2O3. The second-order valence-electron chi connectivity index (χ2n) is 6.08. The van der Waals surface area contributed by atoms with Crippen LogP contribution in [0.1, 0.15) is 20.3 Å². The molecular weight excluding hydrogens is 287 g/mol. The molecule has 1 aromatic carbocycles. The first kappa shape index (κ1) is 16.4. The Kier molecular flexibility index (Phi) is 4.81. The lowest BCUT2D eigenvalue weighted by atomic mass is 9.88. The van der Waals surface area contributed by atoms with Crippen LogP contribution in [-0.2, 0) is 14.3 Å². The van der Waals surface area contributed by atoms with Crippen LogP contribution in [0.2, 0.25) is 0 Å². The van der Waals surface area contributed by atoms with E-state index < -0.39 is 11.5 Å². The van der Waals surface area contributed by atoms with Crippen LogP contribution in [0, 0.1) is 11.2 Å². The number of nitrogens with one attached hydrogen (secondary N) is 1. The number of anilines is 1. The Morgan fingerprint density at radius 3 is 2.59 bits per heavy atom.